The Kier molecular flexibility index (Phi) is 6.24. The van der Waals surface area contributed by atoms with Gasteiger partial charge in [0, 0.05) is 23.6 Å². The van der Waals surface area contributed by atoms with E-state index >= 15 is 0 Å². The van der Waals surface area contributed by atoms with Gasteiger partial charge >= 0.3 is 6.03 Å². The third-order valence-corrected chi connectivity index (χ3v) is 7.00. The molecule has 2 aliphatic rings. The standard InChI is InChI=1S/C24H29F2N3O3/c1-29-11-10-24(15-4-7-20(31-2)21(12-15)32-3)9-8-17(14-22(24)29)27-23(30)28-19-6-5-16(25)13-18(19)26/h4-7,12-13,17,22H,8-11,14H2,1-3H3,(H2,27,28,30). The highest BCUT2D eigenvalue weighted by atomic mass is 19.1. The number of carbonyl (C=O) groups is 1. The van der Waals surface area contributed by atoms with Crippen LogP contribution in [0.2, 0.25) is 0 Å². The van der Waals surface area contributed by atoms with Gasteiger partial charge < -0.3 is 25.0 Å². The third kappa shape index (κ3) is 4.11. The number of hydrogen-bond acceptors (Lipinski definition) is 4. The number of halogens is 2. The van der Waals surface area contributed by atoms with Crippen LogP contribution in [0.1, 0.15) is 31.2 Å². The van der Waals surface area contributed by atoms with Crippen LogP contribution in [0, 0.1) is 11.6 Å². The molecule has 1 aliphatic heterocycles. The molecule has 4 rings (SSSR count). The van der Waals surface area contributed by atoms with Gasteiger partial charge in [0.25, 0.3) is 0 Å². The van der Waals surface area contributed by atoms with E-state index in [4.69, 9.17) is 9.47 Å². The molecule has 0 radical (unpaired) electrons. The number of fused-ring (bicyclic) bond motifs is 1. The van der Waals surface area contributed by atoms with E-state index in [9.17, 15) is 13.6 Å². The zero-order valence-electron chi connectivity index (χ0n) is 18.6. The fourth-order valence-corrected chi connectivity index (χ4v) is 5.33. The zero-order valence-corrected chi connectivity index (χ0v) is 18.6. The molecule has 1 saturated heterocycles. The molecule has 2 amide bonds. The SMILES string of the molecule is COc1ccc(C23CCC(NC(=O)Nc4ccc(F)cc4F)CC2N(C)CC3)cc1OC. The molecule has 3 atom stereocenters. The molecule has 0 aromatic heterocycles. The van der Waals surface area contributed by atoms with Crippen LogP contribution in [-0.2, 0) is 5.41 Å². The van der Waals surface area contributed by atoms with E-state index in [0.29, 0.717) is 11.5 Å². The van der Waals surface area contributed by atoms with E-state index in [1.54, 1.807) is 14.2 Å². The molecule has 0 bridgehead atoms. The number of anilines is 1. The van der Waals surface area contributed by atoms with Crippen LogP contribution in [0.5, 0.6) is 11.5 Å². The first-order valence-corrected chi connectivity index (χ1v) is 10.8. The van der Waals surface area contributed by atoms with Crippen molar-refractivity contribution in [3.05, 3.63) is 53.6 Å². The third-order valence-electron chi connectivity index (χ3n) is 7.00. The number of methoxy groups -OCH3 is 2. The first-order chi connectivity index (χ1) is 15.4. The predicted molar refractivity (Wildman–Crippen MR) is 118 cm³/mol. The molecular formula is C24H29F2N3O3. The summed E-state index contributed by atoms with van der Waals surface area (Å²) in [6.07, 6.45) is 3.53. The Labute approximate surface area is 186 Å². The zero-order chi connectivity index (χ0) is 22.9. The molecule has 1 saturated carbocycles. The summed E-state index contributed by atoms with van der Waals surface area (Å²) in [6, 6.07) is 8.95. The fourth-order valence-electron chi connectivity index (χ4n) is 5.33. The number of benzene rings is 2. The molecule has 172 valence electrons. The summed E-state index contributed by atoms with van der Waals surface area (Å²) in [6.45, 7) is 0.971. The molecule has 1 heterocycles. The highest BCUT2D eigenvalue weighted by Gasteiger charge is 2.50. The Morgan fingerprint density at radius 2 is 1.88 bits per heavy atom. The van der Waals surface area contributed by atoms with Gasteiger partial charge in [-0.05, 0) is 69.1 Å². The van der Waals surface area contributed by atoms with Crippen molar-refractivity contribution < 1.29 is 23.0 Å². The molecule has 8 heteroatoms. The smallest absolute Gasteiger partial charge is 0.319 e. The van der Waals surface area contributed by atoms with E-state index in [1.807, 2.05) is 6.07 Å². The monoisotopic (exact) mass is 445 g/mol. The van der Waals surface area contributed by atoms with Crippen LogP contribution in [0.15, 0.2) is 36.4 Å². The number of rotatable bonds is 5. The fraction of sp³-hybridized carbons (Fsp3) is 0.458. The van der Waals surface area contributed by atoms with Crippen molar-refractivity contribution in [2.75, 3.05) is 33.1 Å². The summed E-state index contributed by atoms with van der Waals surface area (Å²) >= 11 is 0. The van der Waals surface area contributed by atoms with E-state index in [2.05, 4.69) is 34.7 Å². The Bertz CT molecular complexity index is 1000. The summed E-state index contributed by atoms with van der Waals surface area (Å²) in [4.78, 5) is 14.8. The Morgan fingerprint density at radius 3 is 2.59 bits per heavy atom. The second-order valence-corrected chi connectivity index (χ2v) is 8.67. The van der Waals surface area contributed by atoms with E-state index in [1.165, 1.54) is 11.6 Å². The van der Waals surface area contributed by atoms with Gasteiger partial charge in [-0.2, -0.15) is 0 Å². The molecule has 6 nitrogen and oxygen atoms in total. The van der Waals surface area contributed by atoms with E-state index in [0.717, 1.165) is 44.4 Å². The number of ether oxygens (including phenoxy) is 2. The maximum absolute atomic E-state index is 13.9. The van der Waals surface area contributed by atoms with Crippen LogP contribution in [0.4, 0.5) is 19.3 Å². The minimum Gasteiger partial charge on any atom is -0.493 e. The summed E-state index contributed by atoms with van der Waals surface area (Å²) < 4.78 is 37.9. The van der Waals surface area contributed by atoms with Gasteiger partial charge in [0.2, 0.25) is 0 Å². The van der Waals surface area contributed by atoms with Crippen molar-refractivity contribution in [3.8, 4) is 11.5 Å². The van der Waals surface area contributed by atoms with Crippen molar-refractivity contribution in [1.29, 1.82) is 0 Å². The van der Waals surface area contributed by atoms with Gasteiger partial charge in [0.15, 0.2) is 11.5 Å². The van der Waals surface area contributed by atoms with Crippen LogP contribution in [-0.4, -0.2) is 50.8 Å². The highest BCUT2D eigenvalue weighted by Crippen LogP contribution is 2.49. The summed E-state index contributed by atoms with van der Waals surface area (Å²) in [7, 11) is 5.38. The van der Waals surface area contributed by atoms with Crippen molar-refractivity contribution in [3.63, 3.8) is 0 Å². The van der Waals surface area contributed by atoms with Gasteiger partial charge in [0.05, 0.1) is 19.9 Å². The van der Waals surface area contributed by atoms with Gasteiger partial charge in [0.1, 0.15) is 11.6 Å². The molecule has 3 unspecified atom stereocenters. The average Bonchev–Trinajstić information content (AvgIpc) is 3.12. The molecule has 2 aromatic carbocycles. The normalized spacial score (nSPS) is 25.2. The van der Waals surface area contributed by atoms with Crippen molar-refractivity contribution in [1.82, 2.24) is 10.2 Å². The first-order valence-electron chi connectivity index (χ1n) is 10.8. The largest absolute Gasteiger partial charge is 0.493 e. The Hall–Kier alpha value is -2.87. The maximum Gasteiger partial charge on any atom is 0.319 e. The van der Waals surface area contributed by atoms with Gasteiger partial charge in [-0.15, -0.1) is 0 Å². The quantitative estimate of drug-likeness (QED) is 0.721. The van der Waals surface area contributed by atoms with Crippen molar-refractivity contribution in [2.24, 2.45) is 0 Å². The molecule has 32 heavy (non-hydrogen) atoms. The number of carbonyl (C=O) groups excluding carboxylic acids is 1. The van der Waals surface area contributed by atoms with Gasteiger partial charge in [-0.3, -0.25) is 0 Å². The van der Waals surface area contributed by atoms with Crippen LogP contribution >= 0.6 is 0 Å². The van der Waals surface area contributed by atoms with Crippen molar-refractivity contribution >= 4 is 11.7 Å². The van der Waals surface area contributed by atoms with Crippen molar-refractivity contribution in [2.45, 2.75) is 43.2 Å². The Balaban J connectivity index is 1.48. The topological polar surface area (TPSA) is 62.8 Å². The minimum absolute atomic E-state index is 0.0218. The molecular weight excluding hydrogens is 416 g/mol. The average molecular weight is 446 g/mol. The minimum atomic E-state index is -0.799. The molecule has 2 N–H and O–H groups in total. The summed E-state index contributed by atoms with van der Waals surface area (Å²) in [5.74, 6) is -0.0625. The van der Waals surface area contributed by atoms with Gasteiger partial charge in [-0.25, -0.2) is 13.6 Å². The Morgan fingerprint density at radius 1 is 1.09 bits per heavy atom. The predicted octanol–water partition coefficient (Wildman–Crippen LogP) is 4.30. The number of hydrogen-bond donors (Lipinski definition) is 2. The number of amides is 2. The molecule has 1 aliphatic carbocycles. The van der Waals surface area contributed by atoms with Crippen LogP contribution in [0.25, 0.3) is 0 Å². The van der Waals surface area contributed by atoms with E-state index < -0.39 is 17.7 Å². The second kappa shape index (κ2) is 8.94. The lowest BCUT2D eigenvalue weighted by Gasteiger charge is -2.45. The van der Waals surface area contributed by atoms with E-state index in [-0.39, 0.29) is 23.2 Å². The second-order valence-electron chi connectivity index (χ2n) is 8.67. The lowest BCUT2D eigenvalue weighted by molar-refractivity contribution is 0.156. The molecule has 2 fully saturated rings. The van der Waals surface area contributed by atoms with Gasteiger partial charge in [-0.1, -0.05) is 6.07 Å². The number of likely N-dealkylation sites (tertiary alicyclic amines) is 1. The maximum atomic E-state index is 13.9. The number of nitrogens with zero attached hydrogens (tertiary/aromatic N) is 1. The van der Waals surface area contributed by atoms with Crippen LogP contribution < -0.4 is 20.1 Å². The first kappa shape index (κ1) is 22.3. The molecule has 2 aromatic rings. The highest BCUT2D eigenvalue weighted by molar-refractivity contribution is 5.89. The lowest BCUT2D eigenvalue weighted by Crippen LogP contribution is -2.52. The van der Waals surface area contributed by atoms with Crippen LogP contribution in [0.3, 0.4) is 0 Å². The number of nitrogens with one attached hydrogen (secondary N) is 2. The number of urea groups is 1. The molecule has 0 spiro atoms. The summed E-state index contributed by atoms with van der Waals surface area (Å²) in [5.41, 5.74) is 1.16. The summed E-state index contributed by atoms with van der Waals surface area (Å²) in [5, 5.41) is 5.46. The lowest BCUT2D eigenvalue weighted by atomic mass is 9.65. The number of likely N-dealkylation sites (N-methyl/N-ethyl adjacent to an activating group) is 1.